The van der Waals surface area contributed by atoms with Crippen molar-refractivity contribution in [1.82, 2.24) is 5.32 Å². The minimum atomic E-state index is -1.01. The monoisotopic (exact) mass is 305 g/mol. The Labute approximate surface area is 132 Å². The predicted molar refractivity (Wildman–Crippen MR) is 86.5 cm³/mol. The lowest BCUT2D eigenvalue weighted by molar-refractivity contribution is -0.132. The Morgan fingerprint density at radius 3 is 2.77 bits per heavy atom. The van der Waals surface area contributed by atoms with Gasteiger partial charge in [-0.2, -0.15) is 0 Å². The summed E-state index contributed by atoms with van der Waals surface area (Å²) in [6.45, 7) is 5.07. The lowest BCUT2D eigenvalue weighted by Gasteiger charge is -2.34. The van der Waals surface area contributed by atoms with Gasteiger partial charge in [0, 0.05) is 13.0 Å². The molecule has 1 heterocycles. The SMILES string of the molecule is CC(C)CC1OCCCC1NC(=O)[C@@H](O)Cc1ccccc1. The van der Waals surface area contributed by atoms with Crippen molar-refractivity contribution in [3.63, 3.8) is 0 Å². The first kappa shape index (κ1) is 17.0. The van der Waals surface area contributed by atoms with Gasteiger partial charge >= 0.3 is 0 Å². The first-order chi connectivity index (χ1) is 10.6. The molecule has 1 fully saturated rings. The molecule has 2 rings (SSSR count). The minimum absolute atomic E-state index is 0.00840. The molecule has 0 spiro atoms. The second-order valence-electron chi connectivity index (χ2n) is 6.50. The molecule has 1 aliphatic heterocycles. The molecule has 0 radical (unpaired) electrons. The van der Waals surface area contributed by atoms with E-state index in [-0.39, 0.29) is 18.1 Å². The van der Waals surface area contributed by atoms with Crippen molar-refractivity contribution in [2.45, 2.75) is 57.8 Å². The summed E-state index contributed by atoms with van der Waals surface area (Å²) in [7, 11) is 0. The number of ether oxygens (including phenoxy) is 1. The van der Waals surface area contributed by atoms with E-state index in [1.54, 1.807) is 0 Å². The standard InChI is InChI=1S/C18H27NO3/c1-13(2)11-17-15(9-6-10-22-17)19-18(21)16(20)12-14-7-4-3-5-8-14/h3-5,7-8,13,15-17,20H,6,9-12H2,1-2H3,(H,19,21)/t15?,16-,17?/m0/s1. The van der Waals surface area contributed by atoms with Crippen molar-refractivity contribution in [2.24, 2.45) is 5.92 Å². The van der Waals surface area contributed by atoms with Crippen molar-refractivity contribution < 1.29 is 14.6 Å². The smallest absolute Gasteiger partial charge is 0.249 e. The Morgan fingerprint density at radius 1 is 1.36 bits per heavy atom. The summed E-state index contributed by atoms with van der Waals surface area (Å²) in [5.74, 6) is 0.227. The highest BCUT2D eigenvalue weighted by Crippen LogP contribution is 2.20. The summed E-state index contributed by atoms with van der Waals surface area (Å²) in [5.41, 5.74) is 0.962. The molecule has 122 valence electrons. The molecule has 22 heavy (non-hydrogen) atoms. The fourth-order valence-corrected chi connectivity index (χ4v) is 2.91. The molecule has 1 aromatic rings. The van der Waals surface area contributed by atoms with Crippen LogP contribution in [0, 0.1) is 5.92 Å². The molecule has 2 unspecified atom stereocenters. The third kappa shape index (κ3) is 5.11. The van der Waals surface area contributed by atoms with Gasteiger partial charge in [0.1, 0.15) is 6.10 Å². The van der Waals surface area contributed by atoms with Gasteiger partial charge in [-0.1, -0.05) is 44.2 Å². The lowest BCUT2D eigenvalue weighted by Crippen LogP contribution is -2.50. The summed E-state index contributed by atoms with van der Waals surface area (Å²) < 4.78 is 5.80. The molecule has 1 aliphatic rings. The van der Waals surface area contributed by atoms with Crippen LogP contribution >= 0.6 is 0 Å². The number of rotatable bonds is 6. The van der Waals surface area contributed by atoms with Gasteiger partial charge in [0.05, 0.1) is 12.1 Å². The number of nitrogens with one attached hydrogen (secondary N) is 1. The van der Waals surface area contributed by atoms with E-state index in [1.165, 1.54) is 0 Å². The maximum absolute atomic E-state index is 12.2. The van der Waals surface area contributed by atoms with E-state index in [0.29, 0.717) is 12.3 Å². The van der Waals surface area contributed by atoms with E-state index in [2.05, 4.69) is 19.2 Å². The number of carbonyl (C=O) groups is 1. The molecule has 0 aromatic heterocycles. The van der Waals surface area contributed by atoms with Gasteiger partial charge in [0.15, 0.2) is 0 Å². The second kappa shape index (κ2) is 8.30. The fraction of sp³-hybridized carbons (Fsp3) is 0.611. The summed E-state index contributed by atoms with van der Waals surface area (Å²) >= 11 is 0. The molecule has 0 saturated carbocycles. The molecule has 1 aromatic carbocycles. The highest BCUT2D eigenvalue weighted by atomic mass is 16.5. The molecule has 3 atom stereocenters. The Morgan fingerprint density at radius 2 is 2.09 bits per heavy atom. The van der Waals surface area contributed by atoms with Crippen LogP contribution in [0.3, 0.4) is 0 Å². The predicted octanol–water partition coefficient (Wildman–Crippen LogP) is 2.30. The zero-order chi connectivity index (χ0) is 15.9. The summed E-state index contributed by atoms with van der Waals surface area (Å²) in [4.78, 5) is 12.2. The zero-order valence-corrected chi connectivity index (χ0v) is 13.5. The Kier molecular flexibility index (Phi) is 6.40. The first-order valence-corrected chi connectivity index (χ1v) is 8.20. The zero-order valence-electron chi connectivity index (χ0n) is 13.5. The molecular formula is C18H27NO3. The van der Waals surface area contributed by atoms with Crippen LogP contribution < -0.4 is 5.32 Å². The van der Waals surface area contributed by atoms with Crippen LogP contribution in [0.5, 0.6) is 0 Å². The summed E-state index contributed by atoms with van der Waals surface area (Å²) in [6.07, 6.45) is 2.19. The lowest BCUT2D eigenvalue weighted by atomic mass is 9.94. The third-order valence-corrected chi connectivity index (χ3v) is 4.05. The number of hydrogen-bond donors (Lipinski definition) is 2. The van der Waals surface area contributed by atoms with Crippen LogP contribution in [0.4, 0.5) is 0 Å². The number of aliphatic hydroxyl groups excluding tert-OH is 1. The number of aliphatic hydroxyl groups is 1. The van der Waals surface area contributed by atoms with Crippen molar-refractivity contribution in [2.75, 3.05) is 6.61 Å². The van der Waals surface area contributed by atoms with Crippen LogP contribution in [0.2, 0.25) is 0 Å². The summed E-state index contributed by atoms with van der Waals surface area (Å²) in [5, 5.41) is 13.1. The number of carbonyl (C=O) groups excluding carboxylic acids is 1. The van der Waals surface area contributed by atoms with Gasteiger partial charge in [0.25, 0.3) is 0 Å². The van der Waals surface area contributed by atoms with Crippen molar-refractivity contribution in [3.8, 4) is 0 Å². The molecule has 0 bridgehead atoms. The van der Waals surface area contributed by atoms with Crippen LogP contribution in [0.15, 0.2) is 30.3 Å². The average Bonchev–Trinajstić information content (AvgIpc) is 2.49. The van der Waals surface area contributed by atoms with Crippen molar-refractivity contribution in [3.05, 3.63) is 35.9 Å². The molecule has 4 heteroatoms. The van der Waals surface area contributed by atoms with Gasteiger partial charge < -0.3 is 15.2 Å². The van der Waals surface area contributed by atoms with Gasteiger partial charge in [-0.05, 0) is 30.7 Å². The molecule has 1 amide bonds. The molecule has 2 N–H and O–H groups in total. The maximum Gasteiger partial charge on any atom is 0.249 e. The van der Waals surface area contributed by atoms with Crippen molar-refractivity contribution >= 4 is 5.91 Å². The number of amides is 1. The van der Waals surface area contributed by atoms with Gasteiger partial charge in [-0.15, -0.1) is 0 Å². The van der Waals surface area contributed by atoms with E-state index >= 15 is 0 Å². The number of benzene rings is 1. The van der Waals surface area contributed by atoms with Crippen LogP contribution in [0.25, 0.3) is 0 Å². The highest BCUT2D eigenvalue weighted by Gasteiger charge is 2.29. The highest BCUT2D eigenvalue weighted by molar-refractivity contribution is 5.81. The molecule has 4 nitrogen and oxygen atoms in total. The average molecular weight is 305 g/mol. The van der Waals surface area contributed by atoms with Crippen molar-refractivity contribution in [1.29, 1.82) is 0 Å². The Hall–Kier alpha value is -1.39. The third-order valence-electron chi connectivity index (χ3n) is 4.05. The van der Waals surface area contributed by atoms with Crippen LogP contribution in [-0.2, 0) is 16.0 Å². The Balaban J connectivity index is 1.88. The Bertz CT molecular complexity index is 461. The quantitative estimate of drug-likeness (QED) is 0.848. The summed E-state index contributed by atoms with van der Waals surface area (Å²) in [6, 6.07) is 9.59. The van der Waals surface area contributed by atoms with E-state index in [0.717, 1.165) is 31.4 Å². The molecule has 0 aliphatic carbocycles. The first-order valence-electron chi connectivity index (χ1n) is 8.20. The maximum atomic E-state index is 12.2. The van der Waals surface area contributed by atoms with Crippen LogP contribution in [0.1, 0.15) is 38.7 Å². The van der Waals surface area contributed by atoms with E-state index in [9.17, 15) is 9.90 Å². The topological polar surface area (TPSA) is 58.6 Å². The van der Waals surface area contributed by atoms with E-state index in [4.69, 9.17) is 4.74 Å². The van der Waals surface area contributed by atoms with Gasteiger partial charge in [0.2, 0.25) is 5.91 Å². The minimum Gasteiger partial charge on any atom is -0.383 e. The fourth-order valence-electron chi connectivity index (χ4n) is 2.91. The molecule has 1 saturated heterocycles. The second-order valence-corrected chi connectivity index (χ2v) is 6.50. The van der Waals surface area contributed by atoms with E-state index in [1.807, 2.05) is 30.3 Å². The van der Waals surface area contributed by atoms with Crippen LogP contribution in [-0.4, -0.2) is 35.9 Å². The van der Waals surface area contributed by atoms with E-state index < -0.39 is 6.10 Å². The van der Waals surface area contributed by atoms with Gasteiger partial charge in [-0.3, -0.25) is 4.79 Å². The largest absolute Gasteiger partial charge is 0.383 e. The van der Waals surface area contributed by atoms with Gasteiger partial charge in [-0.25, -0.2) is 0 Å². The molecular weight excluding hydrogens is 278 g/mol. The normalized spacial score (nSPS) is 23.3. The number of hydrogen-bond acceptors (Lipinski definition) is 3.